The summed E-state index contributed by atoms with van der Waals surface area (Å²) >= 11 is 0. The van der Waals surface area contributed by atoms with Gasteiger partial charge in [-0.05, 0) is 24.6 Å². The molecule has 0 aliphatic carbocycles. The average molecular weight is 221 g/mol. The van der Waals surface area contributed by atoms with E-state index in [9.17, 15) is 9.59 Å². The van der Waals surface area contributed by atoms with E-state index in [2.05, 4.69) is 5.32 Å². The van der Waals surface area contributed by atoms with Crippen LogP contribution in [-0.2, 0) is 9.53 Å². The lowest BCUT2D eigenvalue weighted by molar-refractivity contribution is -0.105. The molecule has 0 unspecified atom stereocenters. The largest absolute Gasteiger partial charge is 0.462 e. The molecule has 0 fully saturated rings. The van der Waals surface area contributed by atoms with Crippen LogP contribution in [0, 0.1) is 0 Å². The number of benzene rings is 1. The van der Waals surface area contributed by atoms with E-state index in [0.29, 0.717) is 24.3 Å². The molecule has 0 aliphatic heterocycles. The normalized spacial score (nSPS) is 9.56. The third kappa shape index (κ3) is 3.73. The Bertz CT molecular complexity index is 363. The summed E-state index contributed by atoms with van der Waals surface area (Å²) in [6, 6.07) is 6.65. The van der Waals surface area contributed by atoms with Crippen LogP contribution in [0.3, 0.4) is 0 Å². The molecular formula is C12H15NO3. The summed E-state index contributed by atoms with van der Waals surface area (Å²) in [5, 5.41) is 2.48. The second-order valence-electron chi connectivity index (χ2n) is 3.33. The van der Waals surface area contributed by atoms with Crippen LogP contribution in [-0.4, -0.2) is 19.0 Å². The smallest absolute Gasteiger partial charge is 0.338 e. The van der Waals surface area contributed by atoms with Gasteiger partial charge in [0.05, 0.1) is 12.2 Å². The third-order valence-corrected chi connectivity index (χ3v) is 2.05. The maximum atomic E-state index is 11.5. The minimum absolute atomic E-state index is 0.358. The maximum Gasteiger partial charge on any atom is 0.338 e. The molecule has 0 bridgehead atoms. The fraction of sp³-hybridized carbons (Fsp3) is 0.333. The molecule has 0 aromatic heterocycles. The van der Waals surface area contributed by atoms with Gasteiger partial charge >= 0.3 is 5.97 Å². The van der Waals surface area contributed by atoms with Gasteiger partial charge in [-0.25, -0.2) is 4.79 Å². The molecular weight excluding hydrogens is 206 g/mol. The first-order chi connectivity index (χ1) is 7.77. The van der Waals surface area contributed by atoms with Crippen LogP contribution in [0.4, 0.5) is 5.69 Å². The van der Waals surface area contributed by atoms with E-state index < -0.39 is 0 Å². The first-order valence-electron chi connectivity index (χ1n) is 5.25. The lowest BCUT2D eigenvalue weighted by Crippen LogP contribution is -2.06. The number of unbranched alkanes of at least 4 members (excludes halogenated alkanes) is 1. The predicted octanol–water partition coefficient (Wildman–Crippen LogP) is 2.21. The molecule has 1 aromatic rings. The van der Waals surface area contributed by atoms with Crippen molar-refractivity contribution in [2.45, 2.75) is 19.8 Å². The lowest BCUT2D eigenvalue weighted by atomic mass is 10.2. The number of ether oxygens (including phenoxy) is 1. The van der Waals surface area contributed by atoms with Gasteiger partial charge in [-0.15, -0.1) is 0 Å². The van der Waals surface area contributed by atoms with Crippen molar-refractivity contribution < 1.29 is 14.3 Å². The van der Waals surface area contributed by atoms with Gasteiger partial charge in [0.15, 0.2) is 0 Å². The van der Waals surface area contributed by atoms with Crippen LogP contribution in [0.1, 0.15) is 30.1 Å². The van der Waals surface area contributed by atoms with Gasteiger partial charge in [0.25, 0.3) is 0 Å². The zero-order valence-electron chi connectivity index (χ0n) is 9.23. The van der Waals surface area contributed by atoms with Gasteiger partial charge in [0.1, 0.15) is 0 Å². The molecule has 0 radical (unpaired) electrons. The Morgan fingerprint density at radius 2 is 2.31 bits per heavy atom. The van der Waals surface area contributed by atoms with E-state index >= 15 is 0 Å². The van der Waals surface area contributed by atoms with Gasteiger partial charge < -0.3 is 10.1 Å². The van der Waals surface area contributed by atoms with Gasteiger partial charge in [0, 0.05) is 5.69 Å². The highest BCUT2D eigenvalue weighted by Crippen LogP contribution is 2.11. The van der Waals surface area contributed by atoms with Gasteiger partial charge in [-0.2, -0.15) is 0 Å². The predicted molar refractivity (Wildman–Crippen MR) is 61.3 cm³/mol. The van der Waals surface area contributed by atoms with E-state index in [0.717, 1.165) is 12.8 Å². The van der Waals surface area contributed by atoms with E-state index in [4.69, 9.17) is 4.74 Å². The molecule has 4 nitrogen and oxygen atoms in total. The van der Waals surface area contributed by atoms with Crippen molar-refractivity contribution in [3.63, 3.8) is 0 Å². The van der Waals surface area contributed by atoms with Crippen molar-refractivity contribution in [3.8, 4) is 0 Å². The fourth-order valence-electron chi connectivity index (χ4n) is 1.20. The molecule has 4 heteroatoms. The Morgan fingerprint density at radius 1 is 1.50 bits per heavy atom. The highest BCUT2D eigenvalue weighted by molar-refractivity contribution is 5.91. The summed E-state index contributed by atoms with van der Waals surface area (Å²) in [6.45, 7) is 2.46. The molecule has 0 aliphatic rings. The SMILES string of the molecule is CCCCOC(=O)c1cccc(NC=O)c1. The fourth-order valence-corrected chi connectivity index (χ4v) is 1.20. The highest BCUT2D eigenvalue weighted by atomic mass is 16.5. The first kappa shape index (κ1) is 12.2. The molecule has 0 saturated carbocycles. The Balaban J connectivity index is 2.60. The minimum atomic E-state index is -0.358. The van der Waals surface area contributed by atoms with E-state index in [1.165, 1.54) is 0 Å². The van der Waals surface area contributed by atoms with Gasteiger partial charge in [-0.3, -0.25) is 4.79 Å². The molecule has 16 heavy (non-hydrogen) atoms. The lowest BCUT2D eigenvalue weighted by Gasteiger charge is -2.05. The minimum Gasteiger partial charge on any atom is -0.462 e. The quantitative estimate of drug-likeness (QED) is 0.455. The van der Waals surface area contributed by atoms with Crippen molar-refractivity contribution in [2.75, 3.05) is 11.9 Å². The van der Waals surface area contributed by atoms with Crippen LogP contribution in [0.25, 0.3) is 0 Å². The third-order valence-electron chi connectivity index (χ3n) is 2.05. The molecule has 0 heterocycles. The number of hydrogen-bond donors (Lipinski definition) is 1. The van der Waals surface area contributed by atoms with Crippen LogP contribution in [0.15, 0.2) is 24.3 Å². The van der Waals surface area contributed by atoms with Crippen LogP contribution in [0.5, 0.6) is 0 Å². The molecule has 0 spiro atoms. The summed E-state index contributed by atoms with van der Waals surface area (Å²) in [6.07, 6.45) is 2.42. The Hall–Kier alpha value is -1.84. The van der Waals surface area contributed by atoms with Gasteiger partial charge in [-0.1, -0.05) is 19.4 Å². The molecule has 86 valence electrons. The van der Waals surface area contributed by atoms with Crippen molar-refractivity contribution in [3.05, 3.63) is 29.8 Å². The van der Waals surface area contributed by atoms with Crippen LogP contribution >= 0.6 is 0 Å². The van der Waals surface area contributed by atoms with Crippen molar-refractivity contribution in [1.29, 1.82) is 0 Å². The zero-order valence-corrected chi connectivity index (χ0v) is 9.23. The molecule has 1 amide bonds. The molecule has 1 aromatic carbocycles. The highest BCUT2D eigenvalue weighted by Gasteiger charge is 2.06. The molecule has 0 atom stereocenters. The number of carbonyl (C=O) groups excluding carboxylic acids is 2. The number of carbonyl (C=O) groups is 2. The number of hydrogen-bond acceptors (Lipinski definition) is 3. The van der Waals surface area contributed by atoms with Crippen molar-refractivity contribution in [1.82, 2.24) is 0 Å². The van der Waals surface area contributed by atoms with Crippen LogP contribution in [0.2, 0.25) is 0 Å². The topological polar surface area (TPSA) is 55.4 Å². The summed E-state index contributed by atoms with van der Waals surface area (Å²) in [4.78, 5) is 21.8. The number of nitrogens with one attached hydrogen (secondary N) is 1. The summed E-state index contributed by atoms with van der Waals surface area (Å²) < 4.78 is 5.05. The second kappa shape index (κ2) is 6.61. The molecule has 1 rings (SSSR count). The Morgan fingerprint density at radius 3 is 3.00 bits per heavy atom. The number of amides is 1. The van der Waals surface area contributed by atoms with Crippen molar-refractivity contribution >= 4 is 18.1 Å². The molecule has 1 N–H and O–H groups in total. The zero-order chi connectivity index (χ0) is 11.8. The number of esters is 1. The van der Waals surface area contributed by atoms with Crippen LogP contribution < -0.4 is 5.32 Å². The van der Waals surface area contributed by atoms with E-state index in [-0.39, 0.29) is 5.97 Å². The summed E-state index contributed by atoms with van der Waals surface area (Å²) in [5.74, 6) is -0.358. The van der Waals surface area contributed by atoms with Gasteiger partial charge in [0.2, 0.25) is 6.41 Å². The Labute approximate surface area is 94.6 Å². The van der Waals surface area contributed by atoms with E-state index in [1.807, 2.05) is 6.92 Å². The monoisotopic (exact) mass is 221 g/mol. The summed E-state index contributed by atoms with van der Waals surface area (Å²) in [7, 11) is 0. The Kier molecular flexibility index (Phi) is 5.05. The second-order valence-corrected chi connectivity index (χ2v) is 3.33. The summed E-state index contributed by atoms with van der Waals surface area (Å²) in [5.41, 5.74) is 1.03. The number of anilines is 1. The van der Waals surface area contributed by atoms with E-state index in [1.54, 1.807) is 24.3 Å². The number of rotatable bonds is 6. The first-order valence-corrected chi connectivity index (χ1v) is 5.25. The average Bonchev–Trinajstić information content (AvgIpc) is 2.30. The maximum absolute atomic E-state index is 11.5. The standard InChI is InChI=1S/C12H15NO3/c1-2-3-7-16-12(15)10-5-4-6-11(8-10)13-9-14/h4-6,8-9H,2-3,7H2,1H3,(H,13,14). The molecule has 0 saturated heterocycles. The van der Waals surface area contributed by atoms with Crippen molar-refractivity contribution in [2.24, 2.45) is 0 Å².